The van der Waals surface area contributed by atoms with E-state index < -0.39 is 0 Å². The van der Waals surface area contributed by atoms with Gasteiger partial charge in [0.25, 0.3) is 0 Å². The van der Waals surface area contributed by atoms with Gasteiger partial charge in [-0.05, 0) is 57.6 Å². The number of methoxy groups -OCH3 is 3. The molecule has 3 aromatic rings. The largest absolute Gasteiger partial charge is 0.494 e. The molecule has 0 saturated carbocycles. The van der Waals surface area contributed by atoms with Gasteiger partial charge in [0.2, 0.25) is 5.95 Å². The number of likely N-dealkylation sites (N-methyl/N-ethyl adjacent to an activating group) is 1. The van der Waals surface area contributed by atoms with Crippen LogP contribution in [0.1, 0.15) is 30.2 Å². The molecule has 0 radical (unpaired) electrons. The molecule has 10 nitrogen and oxygen atoms in total. The van der Waals surface area contributed by atoms with E-state index >= 15 is 0 Å². The predicted octanol–water partition coefficient (Wildman–Crippen LogP) is 3.32. The lowest BCUT2D eigenvalue weighted by molar-refractivity contribution is 0.0972. The van der Waals surface area contributed by atoms with E-state index in [4.69, 9.17) is 14.2 Å². The second kappa shape index (κ2) is 12.0. The average molecular weight is 488 g/mol. The van der Waals surface area contributed by atoms with E-state index in [0.29, 0.717) is 29.7 Å². The Hall–Kier alpha value is -2.89. The topological polar surface area (TPSA) is 99.5 Å². The third-order valence-electron chi connectivity index (χ3n) is 5.21. The van der Waals surface area contributed by atoms with Gasteiger partial charge in [0, 0.05) is 32.5 Å². The summed E-state index contributed by atoms with van der Waals surface area (Å²) in [6.07, 6.45) is 3.98. The minimum atomic E-state index is -0.302. The average Bonchev–Trinajstić information content (AvgIpc) is 3.24. The molecular formula is C23H33N7O3S. The second-order valence-electron chi connectivity index (χ2n) is 8.04. The van der Waals surface area contributed by atoms with Crippen LogP contribution in [-0.2, 0) is 11.2 Å². The Morgan fingerprint density at radius 3 is 2.26 bits per heavy atom. The number of ether oxygens (including phenoxy) is 3. The first-order chi connectivity index (χ1) is 16.4. The maximum absolute atomic E-state index is 5.71. The number of nitrogens with one attached hydrogen (secondary N) is 1. The zero-order valence-electron chi connectivity index (χ0n) is 20.8. The first-order valence-corrected chi connectivity index (χ1v) is 11.8. The first-order valence-electron chi connectivity index (χ1n) is 10.9. The number of hydrogen-bond donors (Lipinski definition) is 1. The number of benzene rings is 1. The molecule has 0 aliphatic carbocycles. The molecule has 0 bridgehead atoms. The van der Waals surface area contributed by atoms with Crippen molar-refractivity contribution in [2.45, 2.75) is 31.6 Å². The van der Waals surface area contributed by atoms with Crippen molar-refractivity contribution in [1.29, 1.82) is 0 Å². The Bertz CT molecular complexity index is 1040. The van der Waals surface area contributed by atoms with Crippen LogP contribution in [0.2, 0.25) is 0 Å². The van der Waals surface area contributed by atoms with Gasteiger partial charge in [-0.25, -0.2) is 9.97 Å². The van der Waals surface area contributed by atoms with Gasteiger partial charge in [-0.2, -0.15) is 0 Å². The van der Waals surface area contributed by atoms with Gasteiger partial charge in [0.1, 0.15) is 29.1 Å². The highest BCUT2D eigenvalue weighted by Crippen LogP contribution is 2.36. The van der Waals surface area contributed by atoms with Gasteiger partial charge >= 0.3 is 0 Å². The second-order valence-corrected chi connectivity index (χ2v) is 9.22. The van der Waals surface area contributed by atoms with Crippen molar-refractivity contribution < 1.29 is 14.2 Å². The third kappa shape index (κ3) is 5.96. The Morgan fingerprint density at radius 1 is 1.06 bits per heavy atom. The van der Waals surface area contributed by atoms with Crippen molar-refractivity contribution in [2.75, 3.05) is 46.7 Å². The standard InChI is InChI=1S/C23H33N7O3S/c1-15-13-24-22(25-14-15)21(33-7)16(2)34-28-23-27-26-19(11-12-29(3)4)30(23)20-17(31-5)9-8-10-18(20)32-6/h8-10,13-14,16,21H,11-12H2,1-7H3,(H,27,28). The molecule has 0 spiro atoms. The van der Waals surface area contributed by atoms with Crippen molar-refractivity contribution in [1.82, 2.24) is 29.6 Å². The Kier molecular flexibility index (Phi) is 9.08. The molecule has 1 aromatic carbocycles. The van der Waals surface area contributed by atoms with Crippen molar-refractivity contribution in [3.05, 3.63) is 47.8 Å². The monoisotopic (exact) mass is 487 g/mol. The molecule has 184 valence electrons. The summed E-state index contributed by atoms with van der Waals surface area (Å²) in [7, 11) is 8.98. The lowest BCUT2D eigenvalue weighted by Gasteiger charge is -2.22. The van der Waals surface area contributed by atoms with Crippen molar-refractivity contribution in [2.24, 2.45) is 0 Å². The quantitative estimate of drug-likeness (QED) is 0.383. The summed E-state index contributed by atoms with van der Waals surface area (Å²) in [5.41, 5.74) is 1.74. The smallest absolute Gasteiger partial charge is 0.239 e. The van der Waals surface area contributed by atoms with Gasteiger partial charge < -0.3 is 19.1 Å². The van der Waals surface area contributed by atoms with Crippen LogP contribution < -0.4 is 14.2 Å². The minimum Gasteiger partial charge on any atom is -0.494 e. The number of rotatable bonds is 12. The van der Waals surface area contributed by atoms with Crippen molar-refractivity contribution >= 4 is 17.9 Å². The molecule has 0 aliphatic rings. The summed E-state index contributed by atoms with van der Waals surface area (Å²) in [5.74, 6) is 3.31. The molecule has 2 aromatic heterocycles. The maximum atomic E-state index is 5.71. The number of anilines is 1. The number of para-hydroxylation sites is 1. The molecule has 11 heteroatoms. The van der Waals surface area contributed by atoms with Crippen molar-refractivity contribution in [3.63, 3.8) is 0 Å². The molecule has 0 amide bonds. The molecule has 0 aliphatic heterocycles. The number of hydrogen-bond acceptors (Lipinski definition) is 10. The van der Waals surface area contributed by atoms with Gasteiger partial charge in [-0.1, -0.05) is 6.07 Å². The van der Waals surface area contributed by atoms with E-state index in [1.807, 2.05) is 50.7 Å². The molecule has 34 heavy (non-hydrogen) atoms. The lowest BCUT2D eigenvalue weighted by atomic mass is 10.2. The summed E-state index contributed by atoms with van der Waals surface area (Å²) in [6, 6.07) is 5.67. The fourth-order valence-electron chi connectivity index (χ4n) is 3.42. The lowest BCUT2D eigenvalue weighted by Crippen LogP contribution is -2.20. The molecule has 0 saturated heterocycles. The van der Waals surface area contributed by atoms with Crippen LogP contribution in [0.3, 0.4) is 0 Å². The Balaban J connectivity index is 1.92. The van der Waals surface area contributed by atoms with Gasteiger partial charge in [0.05, 0.1) is 19.5 Å². The van der Waals surface area contributed by atoms with E-state index in [2.05, 4.69) is 29.8 Å². The SMILES string of the molecule is COc1cccc(OC)c1-n1c(CCN(C)C)nnc1NSC(C)C(OC)c1ncc(C)cn1. The molecule has 2 heterocycles. The fourth-order valence-corrected chi connectivity index (χ4v) is 4.20. The molecule has 2 unspecified atom stereocenters. The number of nitrogens with zero attached hydrogens (tertiary/aromatic N) is 6. The molecule has 1 N–H and O–H groups in total. The zero-order chi connectivity index (χ0) is 24.7. The van der Waals surface area contributed by atoms with Crippen LogP contribution in [0, 0.1) is 6.92 Å². The van der Waals surface area contributed by atoms with Crippen LogP contribution >= 0.6 is 11.9 Å². The van der Waals surface area contributed by atoms with E-state index in [0.717, 1.165) is 23.6 Å². The van der Waals surface area contributed by atoms with Crippen LogP contribution in [0.25, 0.3) is 5.69 Å². The highest BCUT2D eigenvalue weighted by molar-refractivity contribution is 8.01. The van der Waals surface area contributed by atoms with Crippen LogP contribution in [-0.4, -0.2) is 76.9 Å². The van der Waals surface area contributed by atoms with E-state index in [1.54, 1.807) is 33.7 Å². The molecular weight excluding hydrogens is 454 g/mol. The maximum Gasteiger partial charge on any atom is 0.239 e. The number of aromatic nitrogens is 5. The van der Waals surface area contributed by atoms with E-state index in [-0.39, 0.29) is 11.4 Å². The Labute approximate surface area is 205 Å². The summed E-state index contributed by atoms with van der Waals surface area (Å²) in [5, 5.41) is 8.89. The fraction of sp³-hybridized carbons (Fsp3) is 0.478. The minimum absolute atomic E-state index is 0.0253. The first kappa shape index (κ1) is 25.7. The molecule has 0 fully saturated rings. The third-order valence-corrected chi connectivity index (χ3v) is 6.13. The molecule has 2 atom stereocenters. The predicted molar refractivity (Wildman–Crippen MR) is 134 cm³/mol. The highest BCUT2D eigenvalue weighted by Gasteiger charge is 2.25. The summed E-state index contributed by atoms with van der Waals surface area (Å²) in [6.45, 7) is 4.82. The summed E-state index contributed by atoms with van der Waals surface area (Å²) >= 11 is 1.46. The normalized spacial score (nSPS) is 13.1. The van der Waals surface area contributed by atoms with E-state index in [9.17, 15) is 0 Å². The molecule has 3 rings (SSSR count). The van der Waals surface area contributed by atoms with Crippen LogP contribution in [0.15, 0.2) is 30.6 Å². The van der Waals surface area contributed by atoms with Gasteiger partial charge in [-0.3, -0.25) is 9.29 Å². The van der Waals surface area contributed by atoms with Crippen LogP contribution in [0.4, 0.5) is 5.95 Å². The number of aryl methyl sites for hydroxylation is 1. The Morgan fingerprint density at radius 2 is 1.71 bits per heavy atom. The van der Waals surface area contributed by atoms with Gasteiger partial charge in [0.15, 0.2) is 5.82 Å². The van der Waals surface area contributed by atoms with Gasteiger partial charge in [-0.15, -0.1) is 10.2 Å². The highest BCUT2D eigenvalue weighted by atomic mass is 32.2. The van der Waals surface area contributed by atoms with Crippen LogP contribution in [0.5, 0.6) is 11.5 Å². The summed E-state index contributed by atoms with van der Waals surface area (Å²) < 4.78 is 22.3. The van der Waals surface area contributed by atoms with Crippen molar-refractivity contribution in [3.8, 4) is 17.2 Å². The zero-order valence-corrected chi connectivity index (χ0v) is 21.6. The summed E-state index contributed by atoms with van der Waals surface area (Å²) in [4.78, 5) is 11.0. The van der Waals surface area contributed by atoms with E-state index in [1.165, 1.54) is 11.9 Å².